The van der Waals surface area contributed by atoms with Crippen molar-refractivity contribution in [2.45, 2.75) is 0 Å². The lowest BCUT2D eigenvalue weighted by Crippen LogP contribution is -2.33. The highest BCUT2D eigenvalue weighted by atomic mass is 32.2. The second kappa shape index (κ2) is 7.77. The van der Waals surface area contributed by atoms with Gasteiger partial charge in [0.1, 0.15) is 16.6 Å². The zero-order valence-corrected chi connectivity index (χ0v) is 15.4. The van der Waals surface area contributed by atoms with Crippen LogP contribution in [0.5, 0.6) is 5.75 Å². The lowest BCUT2D eigenvalue weighted by atomic mass is 10.0. The first-order chi connectivity index (χ1) is 12.9. The van der Waals surface area contributed by atoms with Crippen LogP contribution in [0.25, 0.3) is 16.8 Å². The van der Waals surface area contributed by atoms with Crippen molar-refractivity contribution in [3.63, 3.8) is 0 Å². The van der Waals surface area contributed by atoms with E-state index in [1.165, 1.54) is 0 Å². The highest BCUT2D eigenvalue weighted by Crippen LogP contribution is 2.36. The number of rotatable bonds is 6. The van der Waals surface area contributed by atoms with E-state index in [0.29, 0.717) is 11.3 Å². The molecule has 1 aliphatic rings. The van der Waals surface area contributed by atoms with Gasteiger partial charge in [0, 0.05) is 5.56 Å². The van der Waals surface area contributed by atoms with Gasteiger partial charge in [-0.25, -0.2) is 4.79 Å². The van der Waals surface area contributed by atoms with Gasteiger partial charge in [-0.3, -0.25) is 14.5 Å². The molecule has 1 fully saturated rings. The number of nitrogens with zero attached hydrogens (tertiary/aromatic N) is 1. The first kappa shape index (κ1) is 18.9. The molecular weight excluding hydrogens is 390 g/mol. The van der Waals surface area contributed by atoms with Crippen molar-refractivity contribution in [3.05, 3.63) is 46.9 Å². The highest BCUT2D eigenvalue weighted by molar-refractivity contribution is 8.26. The minimum Gasteiger partial charge on any atom is -0.481 e. The number of carboxylic acid groups (broad SMARTS) is 2. The number of fused-ring (bicyclic) bond motifs is 1. The Kier molecular flexibility index (Phi) is 5.43. The van der Waals surface area contributed by atoms with E-state index < -0.39 is 31.0 Å². The number of carboxylic acids is 2. The maximum absolute atomic E-state index is 12.5. The van der Waals surface area contributed by atoms with E-state index >= 15 is 0 Å². The Balaban J connectivity index is 2.07. The van der Waals surface area contributed by atoms with Crippen LogP contribution in [0.3, 0.4) is 0 Å². The molecular formula is C18H13NO6S2. The molecule has 9 heteroatoms. The molecule has 1 aliphatic heterocycles. The van der Waals surface area contributed by atoms with Gasteiger partial charge in [0.25, 0.3) is 5.91 Å². The molecule has 2 N–H and O–H groups in total. The minimum absolute atomic E-state index is 0.155. The molecule has 0 aliphatic carbocycles. The van der Waals surface area contributed by atoms with Gasteiger partial charge in [0.05, 0.1) is 4.91 Å². The van der Waals surface area contributed by atoms with E-state index in [4.69, 9.17) is 27.2 Å². The minimum atomic E-state index is -1.16. The number of ether oxygens (including phenoxy) is 1. The third-order valence-electron chi connectivity index (χ3n) is 3.72. The van der Waals surface area contributed by atoms with E-state index in [2.05, 4.69) is 0 Å². The molecule has 1 heterocycles. The van der Waals surface area contributed by atoms with Gasteiger partial charge in [-0.2, -0.15) is 0 Å². The molecule has 0 saturated carbocycles. The zero-order chi connectivity index (χ0) is 19.6. The molecule has 0 aromatic heterocycles. The Morgan fingerprint density at radius 3 is 2.59 bits per heavy atom. The van der Waals surface area contributed by atoms with Crippen molar-refractivity contribution in [1.82, 2.24) is 4.90 Å². The summed E-state index contributed by atoms with van der Waals surface area (Å²) in [5, 5.41) is 19.5. The first-order valence-electron chi connectivity index (χ1n) is 7.70. The lowest BCUT2D eigenvalue weighted by molar-refractivity contribution is -0.140. The van der Waals surface area contributed by atoms with Crippen molar-refractivity contribution in [3.8, 4) is 5.75 Å². The molecule has 2 aromatic carbocycles. The van der Waals surface area contributed by atoms with Gasteiger partial charge in [0.15, 0.2) is 6.61 Å². The molecule has 0 unspecified atom stereocenters. The highest BCUT2D eigenvalue weighted by Gasteiger charge is 2.33. The van der Waals surface area contributed by atoms with E-state index in [1.54, 1.807) is 18.2 Å². The standard InChI is InChI=1S/C18H13NO6S2/c20-15(21)8-19-17(24)14(27-18(19)26)7-12-11-4-2-1-3-10(11)5-6-13(12)25-9-16(22)23/h1-7H,8-9H2,(H,20,21)(H,22,23). The monoisotopic (exact) mass is 403 g/mol. The number of amides is 1. The number of benzene rings is 2. The quantitative estimate of drug-likeness (QED) is 0.560. The number of thiocarbonyl (C=S) groups is 1. The normalized spacial score (nSPS) is 15.6. The van der Waals surface area contributed by atoms with Crippen LogP contribution < -0.4 is 4.74 Å². The fourth-order valence-electron chi connectivity index (χ4n) is 2.59. The number of thioether (sulfide) groups is 1. The lowest BCUT2D eigenvalue weighted by Gasteiger charge is -2.12. The number of hydrogen-bond donors (Lipinski definition) is 2. The van der Waals surface area contributed by atoms with Crippen molar-refractivity contribution < 1.29 is 29.3 Å². The number of hydrogen-bond acceptors (Lipinski definition) is 6. The number of carbonyl (C=O) groups is 3. The predicted molar refractivity (Wildman–Crippen MR) is 105 cm³/mol. The summed E-state index contributed by atoms with van der Waals surface area (Å²) in [5.74, 6) is -2.49. The summed E-state index contributed by atoms with van der Waals surface area (Å²) in [6, 6.07) is 10.8. The Morgan fingerprint density at radius 1 is 1.15 bits per heavy atom. The van der Waals surface area contributed by atoms with E-state index in [-0.39, 0.29) is 9.23 Å². The molecule has 3 rings (SSSR count). The second-order valence-corrected chi connectivity index (χ2v) is 7.22. The molecule has 1 saturated heterocycles. The molecule has 0 bridgehead atoms. The maximum atomic E-state index is 12.5. The predicted octanol–water partition coefficient (Wildman–Crippen LogP) is 2.59. The largest absolute Gasteiger partial charge is 0.481 e. The van der Waals surface area contributed by atoms with Crippen molar-refractivity contribution in [2.75, 3.05) is 13.2 Å². The first-order valence-corrected chi connectivity index (χ1v) is 8.93. The molecule has 0 radical (unpaired) electrons. The average molecular weight is 403 g/mol. The Morgan fingerprint density at radius 2 is 1.89 bits per heavy atom. The fourth-order valence-corrected chi connectivity index (χ4v) is 3.83. The Hall–Kier alpha value is -2.91. The van der Waals surface area contributed by atoms with E-state index in [0.717, 1.165) is 27.4 Å². The van der Waals surface area contributed by atoms with Crippen LogP contribution in [0.4, 0.5) is 0 Å². The van der Waals surface area contributed by atoms with Crippen molar-refractivity contribution >= 4 is 63.0 Å². The molecule has 27 heavy (non-hydrogen) atoms. The van der Waals surface area contributed by atoms with E-state index in [9.17, 15) is 14.4 Å². The fraction of sp³-hybridized carbons (Fsp3) is 0.111. The van der Waals surface area contributed by atoms with Crippen LogP contribution in [-0.4, -0.2) is 50.4 Å². The SMILES string of the molecule is O=C(O)COc1ccc2ccccc2c1C=C1SC(=S)N(CC(=O)O)C1=O. The molecule has 2 aromatic rings. The van der Waals surface area contributed by atoms with Gasteiger partial charge in [-0.05, 0) is 22.9 Å². The third kappa shape index (κ3) is 4.09. The Labute approximate surface area is 163 Å². The summed E-state index contributed by atoms with van der Waals surface area (Å²) < 4.78 is 5.52. The average Bonchev–Trinajstić information content (AvgIpc) is 2.88. The Bertz CT molecular complexity index is 1000. The van der Waals surface area contributed by atoms with Gasteiger partial charge in [-0.15, -0.1) is 0 Å². The van der Waals surface area contributed by atoms with Gasteiger partial charge in [-0.1, -0.05) is 54.3 Å². The van der Waals surface area contributed by atoms with Crippen LogP contribution in [-0.2, 0) is 14.4 Å². The van der Waals surface area contributed by atoms with Crippen LogP contribution >= 0.6 is 24.0 Å². The van der Waals surface area contributed by atoms with Crippen molar-refractivity contribution in [2.24, 2.45) is 0 Å². The second-order valence-electron chi connectivity index (χ2n) is 5.54. The summed E-state index contributed by atoms with van der Waals surface area (Å²) in [6.07, 6.45) is 1.56. The molecule has 138 valence electrons. The van der Waals surface area contributed by atoms with Crippen LogP contribution in [0.2, 0.25) is 0 Å². The summed E-state index contributed by atoms with van der Waals surface area (Å²) in [6.45, 7) is -1.04. The van der Waals surface area contributed by atoms with E-state index in [1.807, 2.05) is 24.3 Å². The van der Waals surface area contributed by atoms with Crippen LogP contribution in [0, 0.1) is 0 Å². The molecule has 0 spiro atoms. The number of aliphatic carboxylic acids is 2. The van der Waals surface area contributed by atoms with Gasteiger partial charge in [0.2, 0.25) is 0 Å². The summed E-state index contributed by atoms with van der Waals surface area (Å²) in [7, 11) is 0. The van der Waals surface area contributed by atoms with Crippen LogP contribution in [0.15, 0.2) is 41.3 Å². The van der Waals surface area contributed by atoms with Gasteiger partial charge < -0.3 is 14.9 Å². The third-order valence-corrected chi connectivity index (χ3v) is 5.10. The number of carbonyl (C=O) groups excluding carboxylic acids is 1. The summed E-state index contributed by atoms with van der Waals surface area (Å²) >= 11 is 6.09. The van der Waals surface area contributed by atoms with Crippen molar-refractivity contribution in [1.29, 1.82) is 0 Å². The summed E-state index contributed by atoms with van der Waals surface area (Å²) in [5.41, 5.74) is 0.533. The molecule has 0 atom stereocenters. The smallest absolute Gasteiger partial charge is 0.341 e. The molecule has 1 amide bonds. The van der Waals surface area contributed by atoms with Gasteiger partial charge >= 0.3 is 11.9 Å². The zero-order valence-electron chi connectivity index (χ0n) is 13.7. The maximum Gasteiger partial charge on any atom is 0.341 e. The topological polar surface area (TPSA) is 104 Å². The van der Waals surface area contributed by atoms with Crippen LogP contribution in [0.1, 0.15) is 5.56 Å². The summed E-state index contributed by atoms with van der Waals surface area (Å²) in [4.78, 5) is 35.6. The molecule has 7 nitrogen and oxygen atoms in total.